The van der Waals surface area contributed by atoms with E-state index in [9.17, 15) is 4.79 Å². The van der Waals surface area contributed by atoms with Gasteiger partial charge in [-0.15, -0.1) is 0 Å². The number of carbonyl (C=O) groups is 1. The lowest BCUT2D eigenvalue weighted by atomic mass is 10.1. The van der Waals surface area contributed by atoms with Gasteiger partial charge in [0.15, 0.2) is 5.78 Å². The van der Waals surface area contributed by atoms with E-state index in [0.29, 0.717) is 19.6 Å². The van der Waals surface area contributed by atoms with Crippen LogP contribution in [0.15, 0.2) is 24.3 Å². The van der Waals surface area contributed by atoms with E-state index in [1.54, 1.807) is 0 Å². The number of hydrogen-bond donors (Lipinski definition) is 0. The zero-order valence-corrected chi connectivity index (χ0v) is 17.1. The number of benzene rings is 1. The number of ether oxygens (including phenoxy) is 2. The Bertz CT molecular complexity index is 511. The van der Waals surface area contributed by atoms with Crippen LogP contribution in [-0.2, 0) is 20.7 Å². The minimum Gasteiger partial charge on any atom is -0.544 e. The standard InChI is InChI=1S/C19H32O4Si/c1-8-21-18(22-9-2)17(20)14-15-10-12-16(13-11-15)23-24(6,7)19(3,4)5/h10-13,18H,8-9,14H2,1-7H3. The Hall–Kier alpha value is -1.17. The first-order chi connectivity index (χ1) is 11.1. The minimum absolute atomic E-state index is 0.0586. The molecule has 0 aliphatic heterocycles. The van der Waals surface area contributed by atoms with Crippen LogP contribution in [0.5, 0.6) is 5.75 Å². The molecule has 0 spiro atoms. The van der Waals surface area contributed by atoms with Crippen molar-refractivity contribution in [2.45, 2.75) is 65.5 Å². The second-order valence-electron chi connectivity index (χ2n) is 7.39. The van der Waals surface area contributed by atoms with Gasteiger partial charge in [0, 0.05) is 19.6 Å². The molecule has 0 aliphatic rings. The van der Waals surface area contributed by atoms with Crippen LogP contribution in [-0.4, -0.2) is 33.6 Å². The molecule has 0 saturated heterocycles. The summed E-state index contributed by atoms with van der Waals surface area (Å²) >= 11 is 0. The third-order valence-corrected chi connectivity index (χ3v) is 8.74. The molecule has 24 heavy (non-hydrogen) atoms. The summed E-state index contributed by atoms with van der Waals surface area (Å²) < 4.78 is 17.0. The predicted molar refractivity (Wildman–Crippen MR) is 100 cm³/mol. The summed E-state index contributed by atoms with van der Waals surface area (Å²) in [5.41, 5.74) is 0.937. The molecule has 0 radical (unpaired) electrons. The van der Waals surface area contributed by atoms with Gasteiger partial charge in [0.05, 0.1) is 0 Å². The summed E-state index contributed by atoms with van der Waals surface area (Å²) in [6, 6.07) is 7.77. The van der Waals surface area contributed by atoms with Gasteiger partial charge in [-0.3, -0.25) is 4.79 Å². The van der Waals surface area contributed by atoms with Crippen LogP contribution in [0.4, 0.5) is 0 Å². The van der Waals surface area contributed by atoms with Gasteiger partial charge in [-0.1, -0.05) is 32.9 Å². The van der Waals surface area contributed by atoms with E-state index in [1.807, 2.05) is 38.1 Å². The number of hydrogen-bond acceptors (Lipinski definition) is 4. The fraction of sp³-hybridized carbons (Fsp3) is 0.632. The fourth-order valence-electron chi connectivity index (χ4n) is 1.94. The number of ketones is 1. The Labute approximate surface area is 147 Å². The number of carbonyl (C=O) groups excluding carboxylic acids is 1. The van der Waals surface area contributed by atoms with Crippen molar-refractivity contribution in [3.8, 4) is 5.75 Å². The van der Waals surface area contributed by atoms with Crippen molar-refractivity contribution in [1.82, 2.24) is 0 Å². The van der Waals surface area contributed by atoms with Crippen LogP contribution < -0.4 is 4.43 Å². The first-order valence-electron chi connectivity index (χ1n) is 8.64. The monoisotopic (exact) mass is 352 g/mol. The molecule has 0 bridgehead atoms. The van der Waals surface area contributed by atoms with Gasteiger partial charge < -0.3 is 13.9 Å². The summed E-state index contributed by atoms with van der Waals surface area (Å²) in [6.45, 7) is 15.7. The summed E-state index contributed by atoms with van der Waals surface area (Å²) in [7, 11) is -1.84. The van der Waals surface area contributed by atoms with Crippen LogP contribution in [0, 0.1) is 0 Å². The summed E-state index contributed by atoms with van der Waals surface area (Å²) in [4.78, 5) is 12.3. The second-order valence-corrected chi connectivity index (χ2v) is 12.1. The van der Waals surface area contributed by atoms with E-state index in [-0.39, 0.29) is 10.8 Å². The highest BCUT2D eigenvalue weighted by atomic mass is 28.4. The van der Waals surface area contributed by atoms with Crippen LogP contribution in [0.2, 0.25) is 18.1 Å². The zero-order valence-electron chi connectivity index (χ0n) is 16.1. The predicted octanol–water partition coefficient (Wildman–Crippen LogP) is 4.58. The maximum absolute atomic E-state index is 12.3. The zero-order chi connectivity index (χ0) is 18.4. The van der Waals surface area contributed by atoms with Crippen molar-refractivity contribution in [1.29, 1.82) is 0 Å². The van der Waals surface area contributed by atoms with Gasteiger partial charge in [0.25, 0.3) is 0 Å². The van der Waals surface area contributed by atoms with E-state index in [4.69, 9.17) is 13.9 Å². The first-order valence-corrected chi connectivity index (χ1v) is 11.6. The average molecular weight is 353 g/mol. The molecule has 0 saturated carbocycles. The van der Waals surface area contributed by atoms with Crippen molar-refractivity contribution in [3.05, 3.63) is 29.8 Å². The Kier molecular flexibility index (Phi) is 7.64. The molecule has 136 valence electrons. The quantitative estimate of drug-likeness (QED) is 0.482. The number of Topliss-reactive ketones (excluding diaryl/α,β-unsaturated/α-hetero) is 1. The van der Waals surface area contributed by atoms with Crippen molar-refractivity contribution in [3.63, 3.8) is 0 Å². The fourth-order valence-corrected chi connectivity index (χ4v) is 2.98. The molecule has 0 aliphatic carbocycles. The Balaban J connectivity index is 2.72. The van der Waals surface area contributed by atoms with Crippen molar-refractivity contribution < 1.29 is 18.7 Å². The Morgan fingerprint density at radius 3 is 1.96 bits per heavy atom. The van der Waals surface area contributed by atoms with Crippen molar-refractivity contribution >= 4 is 14.1 Å². The highest BCUT2D eigenvalue weighted by molar-refractivity contribution is 6.74. The van der Waals surface area contributed by atoms with Gasteiger partial charge in [0.2, 0.25) is 14.6 Å². The molecule has 0 N–H and O–H groups in total. The third kappa shape index (κ3) is 6.04. The molecule has 0 fully saturated rings. The molecule has 4 nitrogen and oxygen atoms in total. The van der Waals surface area contributed by atoms with Crippen LogP contribution >= 0.6 is 0 Å². The summed E-state index contributed by atoms with van der Waals surface area (Å²) in [5.74, 6) is 0.806. The van der Waals surface area contributed by atoms with E-state index in [1.165, 1.54) is 0 Å². The molecule has 5 heteroatoms. The molecular weight excluding hydrogens is 320 g/mol. The van der Waals surface area contributed by atoms with Gasteiger partial charge in [-0.05, 0) is 49.7 Å². The lowest BCUT2D eigenvalue weighted by Crippen LogP contribution is -2.43. The average Bonchev–Trinajstić information content (AvgIpc) is 2.47. The minimum atomic E-state index is -1.84. The molecule has 1 rings (SSSR count). The van der Waals surface area contributed by atoms with Gasteiger partial charge in [-0.2, -0.15) is 0 Å². The third-order valence-electron chi connectivity index (χ3n) is 4.38. The summed E-state index contributed by atoms with van der Waals surface area (Å²) in [5, 5.41) is 0.157. The van der Waals surface area contributed by atoms with E-state index < -0.39 is 14.6 Å². The molecule has 0 unspecified atom stereocenters. The van der Waals surface area contributed by atoms with Crippen molar-refractivity contribution in [2.75, 3.05) is 13.2 Å². The molecule has 0 atom stereocenters. The largest absolute Gasteiger partial charge is 0.544 e. The second kappa shape index (κ2) is 8.79. The van der Waals surface area contributed by atoms with E-state index in [0.717, 1.165) is 11.3 Å². The molecular formula is C19H32O4Si. The lowest BCUT2D eigenvalue weighted by molar-refractivity contribution is -0.167. The topological polar surface area (TPSA) is 44.8 Å². The highest BCUT2D eigenvalue weighted by Gasteiger charge is 2.38. The maximum Gasteiger partial charge on any atom is 0.250 e. The molecule has 1 aromatic rings. The molecule has 1 aromatic carbocycles. The maximum atomic E-state index is 12.3. The highest BCUT2D eigenvalue weighted by Crippen LogP contribution is 2.37. The molecule has 0 heterocycles. The Morgan fingerprint density at radius 1 is 1.04 bits per heavy atom. The Morgan fingerprint density at radius 2 is 1.54 bits per heavy atom. The molecule has 0 amide bonds. The summed E-state index contributed by atoms with van der Waals surface area (Å²) in [6.07, 6.45) is -0.478. The number of rotatable bonds is 9. The van der Waals surface area contributed by atoms with Gasteiger partial charge in [-0.25, -0.2) is 0 Å². The van der Waals surface area contributed by atoms with E-state index in [2.05, 4.69) is 33.9 Å². The molecule has 0 aromatic heterocycles. The van der Waals surface area contributed by atoms with Crippen LogP contribution in [0.1, 0.15) is 40.2 Å². The lowest BCUT2D eigenvalue weighted by Gasteiger charge is -2.36. The van der Waals surface area contributed by atoms with Crippen LogP contribution in [0.25, 0.3) is 0 Å². The smallest absolute Gasteiger partial charge is 0.250 e. The van der Waals surface area contributed by atoms with Gasteiger partial charge in [0.1, 0.15) is 5.75 Å². The van der Waals surface area contributed by atoms with Gasteiger partial charge >= 0.3 is 0 Å². The van der Waals surface area contributed by atoms with Crippen LogP contribution in [0.3, 0.4) is 0 Å². The normalized spacial score (nSPS) is 12.5. The van der Waals surface area contributed by atoms with E-state index >= 15 is 0 Å². The SMILES string of the molecule is CCOC(OCC)C(=O)Cc1ccc(O[Si](C)(C)C(C)(C)C)cc1. The first kappa shape index (κ1) is 20.9. The van der Waals surface area contributed by atoms with Crippen molar-refractivity contribution in [2.24, 2.45) is 0 Å².